The lowest BCUT2D eigenvalue weighted by Gasteiger charge is -2.55. The molecule has 7 nitrogen and oxygen atoms in total. The molecule has 1 saturated heterocycles. The molecule has 0 aliphatic carbocycles. The number of hydrogen-bond acceptors (Lipinski definition) is 4. The zero-order valence-electron chi connectivity index (χ0n) is 17.0. The lowest BCUT2D eigenvalue weighted by atomic mass is 9.75. The zero-order chi connectivity index (χ0) is 21.0. The van der Waals surface area contributed by atoms with Crippen LogP contribution in [0.2, 0.25) is 0 Å². The number of amides is 3. The van der Waals surface area contributed by atoms with Crippen molar-refractivity contribution < 1.29 is 14.7 Å². The number of aliphatic hydroxyl groups excluding tert-OH is 1. The van der Waals surface area contributed by atoms with Gasteiger partial charge in [-0.1, -0.05) is 30.3 Å². The fourth-order valence-corrected chi connectivity index (χ4v) is 3.97. The van der Waals surface area contributed by atoms with Gasteiger partial charge in [-0.2, -0.15) is 0 Å². The number of benzene rings is 1. The topological polar surface area (TPSA) is 85.8 Å². The van der Waals surface area contributed by atoms with Crippen LogP contribution in [0.25, 0.3) is 0 Å². The second-order valence-corrected chi connectivity index (χ2v) is 7.69. The number of aliphatic hydroxyl groups is 1. The number of likely N-dealkylation sites (N-methyl/N-ethyl adjacent to an activating group) is 1. The first kappa shape index (κ1) is 20.8. The number of likely N-dealkylation sites (tertiary alicyclic amines) is 1. The number of rotatable bonds is 6. The summed E-state index contributed by atoms with van der Waals surface area (Å²) in [7, 11) is 1.73. The summed E-state index contributed by atoms with van der Waals surface area (Å²) in [5.74, 6) is -0.178. The Morgan fingerprint density at radius 2 is 1.79 bits per heavy atom. The minimum absolute atomic E-state index is 0.0190. The molecule has 7 heteroatoms. The van der Waals surface area contributed by atoms with Crippen molar-refractivity contribution in [3.8, 4) is 0 Å². The summed E-state index contributed by atoms with van der Waals surface area (Å²) >= 11 is 0. The number of urea groups is 1. The van der Waals surface area contributed by atoms with Gasteiger partial charge in [0.25, 0.3) is 5.91 Å². The Bertz CT molecular complexity index is 828. The van der Waals surface area contributed by atoms with Crippen molar-refractivity contribution in [2.24, 2.45) is 0 Å². The smallest absolute Gasteiger partial charge is 0.318 e. The molecular formula is C22H28N4O3. The second kappa shape index (κ2) is 9.05. The number of nitrogens with zero attached hydrogens (tertiary/aromatic N) is 3. The van der Waals surface area contributed by atoms with Crippen LogP contribution in [-0.4, -0.2) is 70.2 Å². The highest BCUT2D eigenvalue weighted by molar-refractivity contribution is 5.94. The van der Waals surface area contributed by atoms with Crippen LogP contribution >= 0.6 is 0 Å². The van der Waals surface area contributed by atoms with Crippen molar-refractivity contribution in [2.75, 3.05) is 20.2 Å². The molecule has 0 radical (unpaired) electrons. The Labute approximate surface area is 171 Å². The van der Waals surface area contributed by atoms with Crippen molar-refractivity contribution in [3.63, 3.8) is 0 Å². The van der Waals surface area contributed by atoms with Crippen molar-refractivity contribution in [1.82, 2.24) is 20.1 Å². The predicted octanol–water partition coefficient (Wildman–Crippen LogP) is 2.10. The summed E-state index contributed by atoms with van der Waals surface area (Å²) in [6.45, 7) is 4.02. The molecule has 154 valence electrons. The van der Waals surface area contributed by atoms with Gasteiger partial charge < -0.3 is 20.2 Å². The summed E-state index contributed by atoms with van der Waals surface area (Å²) in [6.07, 6.45) is 3.17. The molecule has 0 bridgehead atoms. The molecule has 1 aromatic heterocycles. The van der Waals surface area contributed by atoms with E-state index in [4.69, 9.17) is 0 Å². The van der Waals surface area contributed by atoms with Crippen molar-refractivity contribution >= 4 is 11.9 Å². The van der Waals surface area contributed by atoms with E-state index in [1.165, 1.54) is 0 Å². The molecular weight excluding hydrogens is 368 g/mol. The average Bonchev–Trinajstić information content (AvgIpc) is 2.71. The molecule has 29 heavy (non-hydrogen) atoms. The van der Waals surface area contributed by atoms with E-state index in [1.54, 1.807) is 41.4 Å². The first-order valence-electron chi connectivity index (χ1n) is 9.84. The van der Waals surface area contributed by atoms with Gasteiger partial charge in [0.1, 0.15) is 0 Å². The van der Waals surface area contributed by atoms with E-state index in [9.17, 15) is 14.7 Å². The number of hydrogen-bond donors (Lipinski definition) is 2. The number of carbonyl (C=O) groups excluding carboxylic acids is 2. The van der Waals surface area contributed by atoms with Gasteiger partial charge in [-0.25, -0.2) is 4.79 Å². The van der Waals surface area contributed by atoms with Crippen LogP contribution in [0.1, 0.15) is 35.7 Å². The van der Waals surface area contributed by atoms with Gasteiger partial charge in [0.05, 0.1) is 18.7 Å². The molecule has 3 rings (SSSR count). The molecule has 3 amide bonds. The maximum absolute atomic E-state index is 12.8. The summed E-state index contributed by atoms with van der Waals surface area (Å²) in [5, 5.41) is 12.9. The minimum Gasteiger partial charge on any atom is -0.394 e. The standard InChI is InChI=1S/C22H28N4O3/c1-15(2)24-22(29)26-18(13-25(3)21(28)17-9-11-23-12-10-17)20(19(26)14-27)16-7-5-4-6-8-16/h4-12,15,18-20,27H,13-14H2,1-3H3,(H,24,29)/t18-,19-,20+/m1/s1. The van der Waals surface area contributed by atoms with Crippen molar-refractivity contribution in [1.29, 1.82) is 0 Å². The molecule has 1 aromatic carbocycles. The SMILES string of the molecule is CC(C)NC(=O)N1[C@H](CO)[C@@H](c2ccccc2)[C@H]1CN(C)C(=O)c1ccncc1. The largest absolute Gasteiger partial charge is 0.394 e. The third-order valence-electron chi connectivity index (χ3n) is 5.30. The van der Waals surface area contributed by atoms with E-state index >= 15 is 0 Å². The summed E-state index contributed by atoms with van der Waals surface area (Å²) < 4.78 is 0. The predicted molar refractivity (Wildman–Crippen MR) is 111 cm³/mol. The quantitative estimate of drug-likeness (QED) is 0.783. The number of pyridine rings is 1. The van der Waals surface area contributed by atoms with E-state index in [2.05, 4.69) is 10.3 Å². The van der Waals surface area contributed by atoms with E-state index in [-0.39, 0.29) is 42.6 Å². The Morgan fingerprint density at radius 1 is 1.14 bits per heavy atom. The van der Waals surface area contributed by atoms with E-state index in [0.29, 0.717) is 12.1 Å². The highest BCUT2D eigenvalue weighted by Gasteiger charge is 2.51. The first-order valence-corrected chi connectivity index (χ1v) is 9.84. The fraction of sp³-hybridized carbons (Fsp3) is 0.409. The van der Waals surface area contributed by atoms with Crippen LogP contribution in [0.5, 0.6) is 0 Å². The molecule has 1 fully saturated rings. The molecule has 0 unspecified atom stereocenters. The number of aromatic nitrogens is 1. The average molecular weight is 396 g/mol. The molecule has 2 N–H and O–H groups in total. The summed E-state index contributed by atoms with van der Waals surface area (Å²) in [4.78, 5) is 32.9. The van der Waals surface area contributed by atoms with Crippen LogP contribution in [0.3, 0.4) is 0 Å². The van der Waals surface area contributed by atoms with Gasteiger partial charge >= 0.3 is 6.03 Å². The lowest BCUT2D eigenvalue weighted by Crippen LogP contribution is -2.70. The van der Waals surface area contributed by atoms with E-state index in [1.807, 2.05) is 44.2 Å². The molecule has 2 heterocycles. The minimum atomic E-state index is -0.328. The van der Waals surface area contributed by atoms with Crippen molar-refractivity contribution in [2.45, 2.75) is 37.9 Å². The maximum Gasteiger partial charge on any atom is 0.318 e. The van der Waals surface area contributed by atoms with E-state index in [0.717, 1.165) is 5.56 Å². The molecule has 0 saturated carbocycles. The normalized spacial score (nSPS) is 20.9. The van der Waals surface area contributed by atoms with Gasteiger partial charge in [0.2, 0.25) is 0 Å². The van der Waals surface area contributed by atoms with Gasteiger partial charge in [-0.05, 0) is 31.5 Å². The molecule has 2 aromatic rings. The fourth-order valence-electron chi connectivity index (χ4n) is 3.97. The van der Waals surface area contributed by atoms with Crippen molar-refractivity contribution in [3.05, 3.63) is 66.0 Å². The summed E-state index contributed by atoms with van der Waals surface area (Å²) in [6, 6.07) is 12.4. The van der Waals surface area contributed by atoms with Gasteiger partial charge in [0, 0.05) is 43.5 Å². The highest BCUT2D eigenvalue weighted by atomic mass is 16.3. The van der Waals surface area contributed by atoms with Crippen LogP contribution in [-0.2, 0) is 0 Å². The Balaban J connectivity index is 1.85. The van der Waals surface area contributed by atoms with Crippen LogP contribution in [0.15, 0.2) is 54.9 Å². The van der Waals surface area contributed by atoms with Crippen LogP contribution in [0, 0.1) is 0 Å². The number of carbonyl (C=O) groups is 2. The van der Waals surface area contributed by atoms with Gasteiger partial charge in [-0.3, -0.25) is 9.78 Å². The zero-order valence-corrected chi connectivity index (χ0v) is 17.0. The van der Waals surface area contributed by atoms with Crippen LogP contribution in [0.4, 0.5) is 4.79 Å². The Morgan fingerprint density at radius 3 is 2.38 bits per heavy atom. The lowest BCUT2D eigenvalue weighted by molar-refractivity contribution is -0.0190. The Kier molecular flexibility index (Phi) is 6.49. The molecule has 0 spiro atoms. The first-order chi connectivity index (χ1) is 13.9. The van der Waals surface area contributed by atoms with Gasteiger partial charge in [0.15, 0.2) is 0 Å². The van der Waals surface area contributed by atoms with Gasteiger partial charge in [-0.15, -0.1) is 0 Å². The van der Waals surface area contributed by atoms with Crippen LogP contribution < -0.4 is 5.32 Å². The third-order valence-corrected chi connectivity index (χ3v) is 5.30. The summed E-state index contributed by atoms with van der Waals surface area (Å²) in [5.41, 5.74) is 1.60. The molecule has 1 aliphatic rings. The molecule has 1 aliphatic heterocycles. The Hall–Kier alpha value is -2.93. The monoisotopic (exact) mass is 396 g/mol. The molecule has 3 atom stereocenters. The second-order valence-electron chi connectivity index (χ2n) is 7.69. The number of nitrogens with one attached hydrogen (secondary N) is 1. The van der Waals surface area contributed by atoms with E-state index < -0.39 is 0 Å². The third kappa shape index (κ3) is 4.40. The maximum atomic E-state index is 12.8. The highest BCUT2D eigenvalue weighted by Crippen LogP contribution is 2.41.